The smallest absolute Gasteiger partial charge is 0.218 e. The maximum absolute atomic E-state index is 5.97. The summed E-state index contributed by atoms with van der Waals surface area (Å²) in [5.74, 6) is 2.26. The minimum absolute atomic E-state index is 0.288. The second-order valence-corrected chi connectivity index (χ2v) is 5.25. The third-order valence-corrected chi connectivity index (χ3v) is 3.69. The van der Waals surface area contributed by atoms with Gasteiger partial charge in [-0.1, -0.05) is 6.92 Å². The summed E-state index contributed by atoms with van der Waals surface area (Å²) in [7, 11) is 0. The first-order chi connectivity index (χ1) is 9.20. The van der Waals surface area contributed by atoms with Gasteiger partial charge in [0, 0.05) is 25.2 Å². The first-order valence-corrected chi connectivity index (χ1v) is 7.16. The number of rotatable bonds is 5. The number of hydrogen-bond acceptors (Lipinski definition) is 5. The summed E-state index contributed by atoms with van der Waals surface area (Å²) < 4.78 is 5.55. The number of nitrogens with zero attached hydrogens (tertiary/aromatic N) is 3. The maximum atomic E-state index is 5.97. The predicted molar refractivity (Wildman–Crippen MR) is 76.4 cm³/mol. The average molecular weight is 264 g/mol. The van der Waals surface area contributed by atoms with Crippen molar-refractivity contribution in [2.24, 2.45) is 11.7 Å². The first-order valence-electron chi connectivity index (χ1n) is 7.16. The predicted octanol–water partition coefficient (Wildman–Crippen LogP) is 1.83. The number of hydrogen-bond donors (Lipinski definition) is 1. The lowest BCUT2D eigenvalue weighted by atomic mass is 9.91. The third kappa shape index (κ3) is 3.80. The van der Waals surface area contributed by atoms with Crippen molar-refractivity contribution in [1.29, 1.82) is 0 Å². The van der Waals surface area contributed by atoms with Crippen LogP contribution in [-0.2, 0) is 0 Å². The Morgan fingerprint density at radius 2 is 2.16 bits per heavy atom. The van der Waals surface area contributed by atoms with Gasteiger partial charge in [-0.3, -0.25) is 0 Å². The van der Waals surface area contributed by atoms with Gasteiger partial charge in [0.05, 0.1) is 6.61 Å². The molecule has 1 unspecified atom stereocenters. The number of piperidine rings is 1. The average Bonchev–Trinajstić information content (AvgIpc) is 2.45. The van der Waals surface area contributed by atoms with Crippen LogP contribution in [0.5, 0.6) is 5.88 Å². The number of aromatic nitrogens is 2. The standard InChI is InChI=1S/C14H24N4O/c1-3-8-19-14-9-13(16-10-17-14)18-6-4-12(5-7-18)11(2)15/h9-12H,3-8,15H2,1-2H3. The van der Waals surface area contributed by atoms with E-state index in [0.717, 1.165) is 38.2 Å². The van der Waals surface area contributed by atoms with Crippen molar-refractivity contribution in [3.8, 4) is 5.88 Å². The van der Waals surface area contributed by atoms with E-state index in [1.54, 1.807) is 6.33 Å². The molecule has 106 valence electrons. The van der Waals surface area contributed by atoms with Crippen LogP contribution in [0, 0.1) is 5.92 Å². The summed E-state index contributed by atoms with van der Waals surface area (Å²) in [5.41, 5.74) is 5.97. The van der Waals surface area contributed by atoms with Gasteiger partial charge < -0.3 is 15.4 Å². The van der Waals surface area contributed by atoms with Gasteiger partial charge in [-0.2, -0.15) is 0 Å². The molecule has 1 aromatic rings. The van der Waals surface area contributed by atoms with Crippen LogP contribution >= 0.6 is 0 Å². The summed E-state index contributed by atoms with van der Waals surface area (Å²) >= 11 is 0. The molecule has 1 atom stereocenters. The van der Waals surface area contributed by atoms with Crippen molar-refractivity contribution in [3.63, 3.8) is 0 Å². The van der Waals surface area contributed by atoms with Crippen molar-refractivity contribution in [3.05, 3.63) is 12.4 Å². The van der Waals surface area contributed by atoms with Gasteiger partial charge in [-0.15, -0.1) is 0 Å². The lowest BCUT2D eigenvalue weighted by Crippen LogP contribution is -2.40. The van der Waals surface area contributed by atoms with Crippen LogP contribution in [0.3, 0.4) is 0 Å². The van der Waals surface area contributed by atoms with Crippen LogP contribution in [-0.4, -0.2) is 35.7 Å². The van der Waals surface area contributed by atoms with Crippen LogP contribution in [0.2, 0.25) is 0 Å². The molecule has 0 aromatic carbocycles. The molecule has 1 saturated heterocycles. The van der Waals surface area contributed by atoms with Crippen LogP contribution in [0.25, 0.3) is 0 Å². The van der Waals surface area contributed by atoms with E-state index in [-0.39, 0.29) is 6.04 Å². The molecule has 0 saturated carbocycles. The molecular formula is C14H24N4O. The summed E-state index contributed by atoms with van der Waals surface area (Å²) in [6.07, 6.45) is 4.83. The zero-order valence-corrected chi connectivity index (χ0v) is 11.9. The van der Waals surface area contributed by atoms with Crippen molar-refractivity contribution < 1.29 is 4.74 Å². The zero-order valence-electron chi connectivity index (χ0n) is 11.9. The molecule has 5 nitrogen and oxygen atoms in total. The molecule has 0 bridgehead atoms. The van der Waals surface area contributed by atoms with E-state index in [9.17, 15) is 0 Å². The Kier molecular flexibility index (Phi) is 4.96. The van der Waals surface area contributed by atoms with Crippen LogP contribution in [0.1, 0.15) is 33.1 Å². The summed E-state index contributed by atoms with van der Waals surface area (Å²) in [5, 5.41) is 0. The van der Waals surface area contributed by atoms with Gasteiger partial charge in [-0.05, 0) is 32.1 Å². The molecule has 1 aliphatic heterocycles. The molecule has 1 aromatic heterocycles. The van der Waals surface area contributed by atoms with Gasteiger partial charge in [-0.25, -0.2) is 9.97 Å². The fourth-order valence-electron chi connectivity index (χ4n) is 2.44. The highest BCUT2D eigenvalue weighted by atomic mass is 16.5. The molecule has 5 heteroatoms. The van der Waals surface area contributed by atoms with E-state index in [0.29, 0.717) is 18.4 Å². The molecule has 0 amide bonds. The molecule has 2 rings (SSSR count). The quantitative estimate of drug-likeness (QED) is 0.879. The second kappa shape index (κ2) is 6.70. The fraction of sp³-hybridized carbons (Fsp3) is 0.714. The Bertz CT molecular complexity index is 389. The Morgan fingerprint density at radius 3 is 2.79 bits per heavy atom. The molecule has 0 radical (unpaired) electrons. The van der Waals surface area contributed by atoms with E-state index in [1.807, 2.05) is 6.07 Å². The minimum atomic E-state index is 0.288. The molecule has 1 fully saturated rings. The number of nitrogens with two attached hydrogens (primary N) is 1. The Labute approximate surface area is 115 Å². The molecule has 1 aliphatic rings. The second-order valence-electron chi connectivity index (χ2n) is 5.25. The lowest BCUT2D eigenvalue weighted by Gasteiger charge is -2.34. The van der Waals surface area contributed by atoms with Gasteiger partial charge in [0.25, 0.3) is 0 Å². The van der Waals surface area contributed by atoms with Gasteiger partial charge >= 0.3 is 0 Å². The van der Waals surface area contributed by atoms with Crippen LogP contribution in [0.4, 0.5) is 5.82 Å². The van der Waals surface area contributed by atoms with Crippen LogP contribution < -0.4 is 15.4 Å². The highest BCUT2D eigenvalue weighted by Crippen LogP contribution is 2.24. The highest BCUT2D eigenvalue weighted by molar-refractivity contribution is 5.41. The first kappa shape index (κ1) is 14.1. The third-order valence-electron chi connectivity index (χ3n) is 3.69. The Morgan fingerprint density at radius 1 is 1.42 bits per heavy atom. The monoisotopic (exact) mass is 264 g/mol. The molecule has 2 heterocycles. The molecule has 0 aliphatic carbocycles. The van der Waals surface area contributed by atoms with Gasteiger partial charge in [0.1, 0.15) is 12.1 Å². The fourth-order valence-corrected chi connectivity index (χ4v) is 2.44. The van der Waals surface area contributed by atoms with Crippen LogP contribution in [0.15, 0.2) is 12.4 Å². The Hall–Kier alpha value is -1.36. The van der Waals surface area contributed by atoms with Gasteiger partial charge in [0.2, 0.25) is 5.88 Å². The van der Waals surface area contributed by atoms with Gasteiger partial charge in [0.15, 0.2) is 0 Å². The Balaban J connectivity index is 1.95. The van der Waals surface area contributed by atoms with Crippen molar-refractivity contribution in [2.45, 2.75) is 39.2 Å². The van der Waals surface area contributed by atoms with E-state index < -0.39 is 0 Å². The SMILES string of the molecule is CCCOc1cc(N2CCC(C(C)N)CC2)ncn1. The minimum Gasteiger partial charge on any atom is -0.478 e. The molecule has 19 heavy (non-hydrogen) atoms. The summed E-state index contributed by atoms with van der Waals surface area (Å²) in [6, 6.07) is 2.22. The van der Waals surface area contributed by atoms with Crippen molar-refractivity contribution >= 4 is 5.82 Å². The molecular weight excluding hydrogens is 240 g/mol. The summed E-state index contributed by atoms with van der Waals surface area (Å²) in [6.45, 7) is 6.90. The normalized spacial score (nSPS) is 18.4. The van der Waals surface area contributed by atoms with Crippen molar-refractivity contribution in [1.82, 2.24) is 9.97 Å². The zero-order chi connectivity index (χ0) is 13.7. The van der Waals surface area contributed by atoms with E-state index in [2.05, 4.69) is 28.7 Å². The maximum Gasteiger partial charge on any atom is 0.218 e. The number of anilines is 1. The molecule has 0 spiro atoms. The van der Waals surface area contributed by atoms with E-state index in [1.165, 1.54) is 0 Å². The largest absolute Gasteiger partial charge is 0.478 e. The number of ether oxygens (including phenoxy) is 1. The highest BCUT2D eigenvalue weighted by Gasteiger charge is 2.22. The van der Waals surface area contributed by atoms with E-state index >= 15 is 0 Å². The lowest BCUT2D eigenvalue weighted by molar-refractivity contribution is 0.304. The topological polar surface area (TPSA) is 64.3 Å². The summed E-state index contributed by atoms with van der Waals surface area (Å²) in [4.78, 5) is 10.8. The molecule has 2 N–H and O–H groups in total. The van der Waals surface area contributed by atoms with Crippen molar-refractivity contribution in [2.75, 3.05) is 24.6 Å². The van der Waals surface area contributed by atoms with E-state index in [4.69, 9.17) is 10.5 Å².